The van der Waals surface area contributed by atoms with Crippen LogP contribution in [-0.2, 0) is 9.59 Å². The normalized spacial score (nSPS) is 14.9. The molecule has 0 spiro atoms. The monoisotopic (exact) mass is 407 g/mol. The van der Waals surface area contributed by atoms with Crippen LogP contribution >= 0.6 is 0 Å². The van der Waals surface area contributed by atoms with Gasteiger partial charge in [0.05, 0.1) is 11.3 Å². The Labute approximate surface area is 173 Å². The number of nitrogens with zero attached hydrogens (tertiary/aromatic N) is 2. The van der Waals surface area contributed by atoms with Crippen molar-refractivity contribution in [3.05, 3.63) is 65.4 Å². The minimum absolute atomic E-state index is 0.0698. The van der Waals surface area contributed by atoms with Crippen LogP contribution in [0.25, 0.3) is 22.6 Å². The molecule has 1 amide bonds. The first kappa shape index (κ1) is 20.7. The molecule has 1 heterocycles. The number of phenolic OH excluding ortho intramolecular Hbond substituents is 1. The number of aliphatic hydroxyl groups is 1. The number of carboxylic acid groups (broad SMARTS) is 1. The van der Waals surface area contributed by atoms with Gasteiger partial charge in [-0.25, -0.2) is 5.01 Å². The van der Waals surface area contributed by atoms with Crippen LogP contribution in [-0.4, -0.2) is 45.0 Å². The molecule has 0 bridgehead atoms. The zero-order valence-corrected chi connectivity index (χ0v) is 16.5. The van der Waals surface area contributed by atoms with Crippen LogP contribution in [0.15, 0.2) is 59.3 Å². The molecule has 154 valence electrons. The summed E-state index contributed by atoms with van der Waals surface area (Å²) in [5.41, 5.74) is 2.03. The number of hydrogen-bond acceptors (Lipinski definition) is 6. The number of phenols is 1. The van der Waals surface area contributed by atoms with Crippen molar-refractivity contribution in [3.63, 3.8) is 0 Å². The molecule has 0 fully saturated rings. The fraction of sp³-hybridized carbons (Fsp3) is 0.136. The summed E-state index contributed by atoms with van der Waals surface area (Å²) in [6.45, 7) is 2.73. The molecule has 30 heavy (non-hydrogen) atoms. The molecular formula is C22H21N3O5. The fourth-order valence-electron chi connectivity index (χ4n) is 3.30. The molecule has 0 aliphatic carbocycles. The lowest BCUT2D eigenvalue weighted by atomic mass is 9.91. The van der Waals surface area contributed by atoms with Gasteiger partial charge in [0, 0.05) is 17.3 Å². The second-order valence-corrected chi connectivity index (χ2v) is 6.38. The highest BCUT2D eigenvalue weighted by Gasteiger charge is 2.35. The Morgan fingerprint density at radius 2 is 1.73 bits per heavy atom. The largest absolute Gasteiger partial charge is 0.507 e. The lowest BCUT2D eigenvalue weighted by molar-refractivity contribution is -0.137. The minimum atomic E-state index is -1.22. The number of carbonyl (C=O) groups is 2. The standard InChI is InChI=1S/C22H21N3O5/c1-3-16-18-15(11-10-14(20(18)28)13-8-6-5-7-9-13)21(29)19(25(16)24-4-2)22(30)23-12-17(26)27/h3-11,28-29H,12H2,1-2H3,(H,23,30)(H,26,27)/b16-3+,24-4-. The third-order valence-electron chi connectivity index (χ3n) is 4.56. The van der Waals surface area contributed by atoms with Crippen LogP contribution < -0.4 is 5.32 Å². The molecule has 0 unspecified atom stereocenters. The molecule has 4 N–H and O–H groups in total. The molecule has 2 aromatic carbocycles. The summed E-state index contributed by atoms with van der Waals surface area (Å²) in [5.74, 6) is -2.52. The predicted molar refractivity (Wildman–Crippen MR) is 113 cm³/mol. The van der Waals surface area contributed by atoms with Gasteiger partial charge in [-0.2, -0.15) is 5.10 Å². The first-order valence-corrected chi connectivity index (χ1v) is 9.21. The summed E-state index contributed by atoms with van der Waals surface area (Å²) in [6.07, 6.45) is 3.07. The maximum Gasteiger partial charge on any atom is 0.322 e. The summed E-state index contributed by atoms with van der Waals surface area (Å²) >= 11 is 0. The van der Waals surface area contributed by atoms with Crippen molar-refractivity contribution in [1.29, 1.82) is 0 Å². The first-order chi connectivity index (χ1) is 14.4. The van der Waals surface area contributed by atoms with E-state index in [0.717, 1.165) is 5.56 Å². The van der Waals surface area contributed by atoms with E-state index in [2.05, 4.69) is 10.4 Å². The third-order valence-corrected chi connectivity index (χ3v) is 4.56. The number of aliphatic carboxylic acids is 1. The lowest BCUT2D eigenvalue weighted by Crippen LogP contribution is -2.37. The minimum Gasteiger partial charge on any atom is -0.507 e. The quantitative estimate of drug-likeness (QED) is 0.565. The molecule has 1 aliphatic heterocycles. The van der Waals surface area contributed by atoms with Gasteiger partial charge in [-0.3, -0.25) is 9.59 Å². The number of rotatable bonds is 5. The van der Waals surface area contributed by atoms with Crippen LogP contribution in [0, 0.1) is 0 Å². The van der Waals surface area contributed by atoms with E-state index in [4.69, 9.17) is 5.11 Å². The summed E-state index contributed by atoms with van der Waals surface area (Å²) in [6, 6.07) is 12.5. The molecule has 3 rings (SSSR count). The number of aliphatic hydroxyl groups excluding tert-OH is 1. The number of hydrazone groups is 1. The highest BCUT2D eigenvalue weighted by molar-refractivity contribution is 6.05. The number of fused-ring (bicyclic) bond motifs is 1. The fourth-order valence-corrected chi connectivity index (χ4v) is 3.30. The van der Waals surface area contributed by atoms with Gasteiger partial charge in [0.15, 0.2) is 11.5 Å². The topological polar surface area (TPSA) is 122 Å². The van der Waals surface area contributed by atoms with Crippen molar-refractivity contribution < 1.29 is 24.9 Å². The summed E-state index contributed by atoms with van der Waals surface area (Å²) in [5, 5.41) is 38.4. The number of allylic oxidation sites excluding steroid dienone is 1. The van der Waals surface area contributed by atoms with E-state index < -0.39 is 24.2 Å². The number of amides is 1. The number of hydrogen-bond donors (Lipinski definition) is 4. The molecule has 0 aromatic heterocycles. The van der Waals surface area contributed by atoms with Crippen molar-refractivity contribution >= 4 is 29.5 Å². The Morgan fingerprint density at radius 3 is 2.33 bits per heavy atom. The van der Waals surface area contributed by atoms with Crippen LogP contribution in [0.5, 0.6) is 5.75 Å². The predicted octanol–water partition coefficient (Wildman–Crippen LogP) is 3.17. The van der Waals surface area contributed by atoms with Crippen molar-refractivity contribution in [2.24, 2.45) is 5.10 Å². The van der Waals surface area contributed by atoms with Gasteiger partial charge in [-0.15, -0.1) is 0 Å². The van der Waals surface area contributed by atoms with Gasteiger partial charge in [0.2, 0.25) is 0 Å². The van der Waals surface area contributed by atoms with Gasteiger partial charge < -0.3 is 20.6 Å². The van der Waals surface area contributed by atoms with E-state index in [9.17, 15) is 19.8 Å². The Hall–Kier alpha value is -4.07. The molecule has 0 atom stereocenters. The van der Waals surface area contributed by atoms with Gasteiger partial charge in [0.25, 0.3) is 5.91 Å². The van der Waals surface area contributed by atoms with E-state index in [1.807, 2.05) is 30.3 Å². The van der Waals surface area contributed by atoms with E-state index in [1.165, 1.54) is 11.2 Å². The Balaban J connectivity index is 2.24. The smallest absolute Gasteiger partial charge is 0.322 e. The zero-order chi connectivity index (χ0) is 21.8. The van der Waals surface area contributed by atoms with Crippen molar-refractivity contribution in [1.82, 2.24) is 10.3 Å². The highest BCUT2D eigenvalue weighted by Crippen LogP contribution is 2.45. The SMILES string of the molecule is C/C=N\N1C(C(=O)NCC(=O)O)=C(O)c2ccc(-c3ccccc3)c(O)c2/C1=C\C. The number of nitrogens with one attached hydrogen (secondary N) is 1. The highest BCUT2D eigenvalue weighted by atomic mass is 16.4. The maximum atomic E-state index is 12.6. The van der Waals surface area contributed by atoms with E-state index in [1.54, 1.807) is 32.1 Å². The van der Waals surface area contributed by atoms with Crippen molar-refractivity contribution in [2.75, 3.05) is 6.54 Å². The second kappa shape index (κ2) is 8.52. The number of benzene rings is 2. The molecule has 0 saturated carbocycles. The molecule has 0 radical (unpaired) electrons. The summed E-state index contributed by atoms with van der Waals surface area (Å²) < 4.78 is 0. The third kappa shape index (κ3) is 3.62. The average Bonchev–Trinajstić information content (AvgIpc) is 2.74. The zero-order valence-electron chi connectivity index (χ0n) is 16.5. The number of aromatic hydroxyl groups is 1. The van der Waals surface area contributed by atoms with Gasteiger partial charge >= 0.3 is 5.97 Å². The van der Waals surface area contributed by atoms with Crippen molar-refractivity contribution in [3.8, 4) is 16.9 Å². The Kier molecular flexibility index (Phi) is 5.87. The molecule has 0 saturated heterocycles. The Bertz CT molecular complexity index is 1090. The van der Waals surface area contributed by atoms with E-state index in [-0.39, 0.29) is 17.0 Å². The van der Waals surface area contributed by atoms with Gasteiger partial charge in [-0.1, -0.05) is 36.4 Å². The lowest BCUT2D eigenvalue weighted by Gasteiger charge is -2.31. The van der Waals surface area contributed by atoms with Crippen LogP contribution in [0.4, 0.5) is 0 Å². The van der Waals surface area contributed by atoms with Gasteiger partial charge in [-0.05, 0) is 31.5 Å². The van der Waals surface area contributed by atoms with Crippen LogP contribution in [0.2, 0.25) is 0 Å². The molecule has 1 aliphatic rings. The maximum absolute atomic E-state index is 12.6. The van der Waals surface area contributed by atoms with Crippen LogP contribution in [0.3, 0.4) is 0 Å². The summed E-state index contributed by atoms with van der Waals surface area (Å²) in [7, 11) is 0. The van der Waals surface area contributed by atoms with Gasteiger partial charge in [0.1, 0.15) is 12.3 Å². The van der Waals surface area contributed by atoms with Crippen LogP contribution in [0.1, 0.15) is 25.0 Å². The Morgan fingerprint density at radius 1 is 1.07 bits per heavy atom. The number of carboxylic acids is 1. The molecule has 8 nitrogen and oxygen atoms in total. The van der Waals surface area contributed by atoms with E-state index >= 15 is 0 Å². The van der Waals surface area contributed by atoms with Crippen molar-refractivity contribution in [2.45, 2.75) is 13.8 Å². The first-order valence-electron chi connectivity index (χ1n) is 9.21. The molecular weight excluding hydrogens is 386 g/mol. The summed E-state index contributed by atoms with van der Waals surface area (Å²) in [4.78, 5) is 23.5. The number of carbonyl (C=O) groups excluding carboxylic acids is 1. The second-order valence-electron chi connectivity index (χ2n) is 6.38. The van der Waals surface area contributed by atoms with E-state index in [0.29, 0.717) is 16.8 Å². The molecule has 2 aromatic rings. The average molecular weight is 407 g/mol. The molecule has 8 heteroatoms.